The molecule has 96 valence electrons. The van der Waals surface area contributed by atoms with Crippen molar-refractivity contribution in [3.63, 3.8) is 0 Å². The van der Waals surface area contributed by atoms with Crippen LogP contribution in [0.15, 0.2) is 24.3 Å². The van der Waals surface area contributed by atoms with E-state index < -0.39 is 18.0 Å². The lowest BCUT2D eigenvalue weighted by Gasteiger charge is -2.12. The highest BCUT2D eigenvalue weighted by molar-refractivity contribution is 6.20. The SMILES string of the molecule is CCOc1ccc(C(Cl)CCC(F)(F)F)cc1. The third-order valence-corrected chi connectivity index (χ3v) is 2.70. The van der Waals surface area contributed by atoms with Gasteiger partial charge in [-0.15, -0.1) is 11.6 Å². The maximum absolute atomic E-state index is 12.0. The van der Waals surface area contributed by atoms with Gasteiger partial charge in [0.05, 0.1) is 12.0 Å². The first kappa shape index (κ1) is 14.2. The molecule has 0 aliphatic heterocycles. The van der Waals surface area contributed by atoms with E-state index in [1.54, 1.807) is 24.3 Å². The Morgan fingerprint density at radius 2 is 1.82 bits per heavy atom. The van der Waals surface area contributed by atoms with Crippen molar-refractivity contribution in [2.75, 3.05) is 6.61 Å². The van der Waals surface area contributed by atoms with Crippen LogP contribution in [0.5, 0.6) is 5.75 Å². The summed E-state index contributed by atoms with van der Waals surface area (Å²) in [5.74, 6) is 0.691. The van der Waals surface area contributed by atoms with Crippen molar-refractivity contribution in [3.8, 4) is 5.75 Å². The lowest BCUT2D eigenvalue weighted by Crippen LogP contribution is -2.08. The molecule has 0 saturated heterocycles. The zero-order valence-electron chi connectivity index (χ0n) is 9.43. The van der Waals surface area contributed by atoms with Gasteiger partial charge in [-0.25, -0.2) is 0 Å². The van der Waals surface area contributed by atoms with Crippen LogP contribution in [0, 0.1) is 0 Å². The van der Waals surface area contributed by atoms with E-state index in [1.807, 2.05) is 6.92 Å². The third kappa shape index (κ3) is 5.31. The summed E-state index contributed by atoms with van der Waals surface area (Å²) in [5, 5.41) is -0.618. The van der Waals surface area contributed by atoms with Gasteiger partial charge in [-0.2, -0.15) is 13.2 Å². The quantitative estimate of drug-likeness (QED) is 0.702. The van der Waals surface area contributed by atoms with Crippen LogP contribution < -0.4 is 4.74 Å². The number of alkyl halides is 4. The van der Waals surface area contributed by atoms with Crippen LogP contribution in [0.4, 0.5) is 13.2 Å². The van der Waals surface area contributed by atoms with Crippen molar-refractivity contribution in [3.05, 3.63) is 29.8 Å². The Hall–Kier alpha value is -0.900. The standard InChI is InChI=1S/C12H14ClF3O/c1-2-17-10-5-3-9(4-6-10)11(13)7-8-12(14,15)16/h3-6,11H,2,7-8H2,1H3. The van der Waals surface area contributed by atoms with Gasteiger partial charge in [0.25, 0.3) is 0 Å². The largest absolute Gasteiger partial charge is 0.494 e. The van der Waals surface area contributed by atoms with Crippen molar-refractivity contribution < 1.29 is 17.9 Å². The average molecular weight is 267 g/mol. The normalized spacial score (nSPS) is 13.5. The summed E-state index contributed by atoms with van der Waals surface area (Å²) in [6.45, 7) is 2.42. The molecule has 0 aliphatic carbocycles. The molecule has 0 heterocycles. The highest BCUT2D eigenvalue weighted by Crippen LogP contribution is 2.32. The number of benzene rings is 1. The first-order chi connectivity index (χ1) is 7.92. The van der Waals surface area contributed by atoms with E-state index in [0.717, 1.165) is 0 Å². The molecule has 1 aromatic carbocycles. The van der Waals surface area contributed by atoms with Crippen LogP contribution in [0.2, 0.25) is 0 Å². The van der Waals surface area contributed by atoms with E-state index in [9.17, 15) is 13.2 Å². The van der Waals surface area contributed by atoms with Crippen molar-refractivity contribution in [2.24, 2.45) is 0 Å². The highest BCUT2D eigenvalue weighted by Gasteiger charge is 2.28. The molecule has 0 radical (unpaired) electrons. The molecular formula is C12H14ClF3O. The fourth-order valence-electron chi connectivity index (χ4n) is 1.40. The van der Waals surface area contributed by atoms with Gasteiger partial charge in [0.15, 0.2) is 0 Å². The molecule has 1 aromatic rings. The molecule has 0 spiro atoms. The Morgan fingerprint density at radius 1 is 1.24 bits per heavy atom. The number of hydrogen-bond acceptors (Lipinski definition) is 1. The summed E-state index contributed by atoms with van der Waals surface area (Å²) in [4.78, 5) is 0. The Morgan fingerprint density at radius 3 is 2.29 bits per heavy atom. The summed E-state index contributed by atoms with van der Waals surface area (Å²) >= 11 is 5.90. The molecule has 0 aliphatic rings. The van der Waals surface area contributed by atoms with Gasteiger partial charge >= 0.3 is 6.18 Å². The topological polar surface area (TPSA) is 9.23 Å². The van der Waals surface area contributed by atoms with E-state index in [4.69, 9.17) is 16.3 Å². The van der Waals surface area contributed by atoms with Crippen molar-refractivity contribution in [1.82, 2.24) is 0 Å². The van der Waals surface area contributed by atoms with E-state index in [-0.39, 0.29) is 6.42 Å². The van der Waals surface area contributed by atoms with Crippen LogP contribution in [-0.2, 0) is 0 Å². The van der Waals surface area contributed by atoms with E-state index >= 15 is 0 Å². The molecule has 17 heavy (non-hydrogen) atoms. The van der Waals surface area contributed by atoms with Crippen molar-refractivity contribution in [1.29, 1.82) is 0 Å². The predicted molar refractivity (Wildman–Crippen MR) is 61.5 cm³/mol. The second kappa shape index (κ2) is 6.15. The third-order valence-electron chi connectivity index (χ3n) is 2.23. The molecule has 1 nitrogen and oxygen atoms in total. The fraction of sp³-hybridized carbons (Fsp3) is 0.500. The van der Waals surface area contributed by atoms with Crippen LogP contribution in [0.1, 0.15) is 30.7 Å². The van der Waals surface area contributed by atoms with Crippen LogP contribution in [0.3, 0.4) is 0 Å². The fourth-order valence-corrected chi connectivity index (χ4v) is 1.65. The number of hydrogen-bond donors (Lipinski definition) is 0. The smallest absolute Gasteiger partial charge is 0.389 e. The summed E-state index contributed by atoms with van der Waals surface area (Å²) in [6.07, 6.45) is -5.13. The Kier molecular flexibility index (Phi) is 5.12. The van der Waals surface area contributed by atoms with Crippen LogP contribution in [0.25, 0.3) is 0 Å². The van der Waals surface area contributed by atoms with Gasteiger partial charge in [-0.05, 0) is 31.0 Å². The predicted octanol–water partition coefficient (Wildman–Crippen LogP) is 4.71. The number of ether oxygens (including phenoxy) is 1. The summed E-state index contributed by atoms with van der Waals surface area (Å²) in [7, 11) is 0. The lowest BCUT2D eigenvalue weighted by atomic mass is 10.1. The maximum atomic E-state index is 12.0. The van der Waals surface area contributed by atoms with E-state index in [0.29, 0.717) is 17.9 Å². The molecule has 0 saturated carbocycles. The van der Waals surface area contributed by atoms with Gasteiger partial charge in [-0.1, -0.05) is 12.1 Å². The summed E-state index contributed by atoms with van der Waals surface area (Å²) in [5.41, 5.74) is 0.680. The molecule has 1 atom stereocenters. The van der Waals surface area contributed by atoms with Crippen molar-refractivity contribution >= 4 is 11.6 Å². The van der Waals surface area contributed by atoms with E-state index in [1.165, 1.54) is 0 Å². The second-order valence-electron chi connectivity index (χ2n) is 3.62. The van der Waals surface area contributed by atoms with Gasteiger partial charge in [0, 0.05) is 6.42 Å². The minimum atomic E-state index is -4.15. The molecule has 0 amide bonds. The number of rotatable bonds is 5. The summed E-state index contributed by atoms with van der Waals surface area (Å²) < 4.78 is 41.3. The number of halogens is 4. The van der Waals surface area contributed by atoms with Gasteiger partial charge in [0.2, 0.25) is 0 Å². The highest BCUT2D eigenvalue weighted by atomic mass is 35.5. The molecule has 0 bridgehead atoms. The Bertz CT molecular complexity index is 335. The molecular weight excluding hydrogens is 253 g/mol. The Balaban J connectivity index is 2.54. The lowest BCUT2D eigenvalue weighted by molar-refractivity contribution is -0.135. The molecule has 0 N–H and O–H groups in total. The minimum Gasteiger partial charge on any atom is -0.494 e. The molecule has 1 rings (SSSR count). The van der Waals surface area contributed by atoms with Crippen LogP contribution >= 0.6 is 11.6 Å². The summed E-state index contributed by atoms with van der Waals surface area (Å²) in [6, 6.07) is 6.81. The minimum absolute atomic E-state index is 0.112. The van der Waals surface area contributed by atoms with Gasteiger partial charge in [-0.3, -0.25) is 0 Å². The zero-order valence-corrected chi connectivity index (χ0v) is 10.2. The van der Waals surface area contributed by atoms with Gasteiger partial charge < -0.3 is 4.74 Å². The first-order valence-corrected chi connectivity index (χ1v) is 5.79. The Labute approximate surface area is 104 Å². The molecule has 5 heteroatoms. The molecule has 1 unspecified atom stereocenters. The monoisotopic (exact) mass is 266 g/mol. The maximum Gasteiger partial charge on any atom is 0.389 e. The van der Waals surface area contributed by atoms with Crippen LogP contribution in [-0.4, -0.2) is 12.8 Å². The molecule has 0 fully saturated rings. The first-order valence-electron chi connectivity index (χ1n) is 5.36. The van der Waals surface area contributed by atoms with E-state index in [2.05, 4.69) is 0 Å². The average Bonchev–Trinajstić information content (AvgIpc) is 2.26. The van der Waals surface area contributed by atoms with Crippen molar-refractivity contribution in [2.45, 2.75) is 31.3 Å². The molecule has 0 aromatic heterocycles. The second-order valence-corrected chi connectivity index (χ2v) is 4.15. The van der Waals surface area contributed by atoms with Gasteiger partial charge in [0.1, 0.15) is 5.75 Å². The zero-order chi connectivity index (χ0) is 12.9.